The van der Waals surface area contributed by atoms with Gasteiger partial charge in [-0.15, -0.1) is 0 Å². The molecule has 0 spiro atoms. The van der Waals surface area contributed by atoms with E-state index in [0.717, 1.165) is 0 Å². The molecule has 0 aliphatic heterocycles. The number of anilines is 1. The Labute approximate surface area is 139 Å². The van der Waals surface area contributed by atoms with Gasteiger partial charge in [-0.05, 0) is 30.2 Å². The van der Waals surface area contributed by atoms with E-state index in [1.54, 1.807) is 6.07 Å². The highest BCUT2D eigenvalue weighted by atomic mass is 127. The van der Waals surface area contributed by atoms with Crippen LogP contribution in [0.1, 0.15) is 13.8 Å². The molecule has 118 valence electrons. The summed E-state index contributed by atoms with van der Waals surface area (Å²) in [6.07, 6.45) is 0. The van der Waals surface area contributed by atoms with Gasteiger partial charge in [-0.1, -0.05) is 22.6 Å². The maximum absolute atomic E-state index is 11.5. The van der Waals surface area contributed by atoms with Crippen LogP contribution in [0, 0.1) is 10.1 Å². The van der Waals surface area contributed by atoms with Gasteiger partial charge in [0.2, 0.25) is 11.4 Å². The van der Waals surface area contributed by atoms with Crippen LogP contribution in [0.3, 0.4) is 0 Å². The Balaban J connectivity index is 2.19. The Morgan fingerprint density at radius 3 is 2.73 bits per heavy atom. The number of nitro groups is 1. The number of amides is 1. The van der Waals surface area contributed by atoms with Crippen molar-refractivity contribution in [3.8, 4) is 0 Å². The fourth-order valence-electron chi connectivity index (χ4n) is 1.91. The Hall–Kier alpha value is -1.98. The van der Waals surface area contributed by atoms with Crippen LogP contribution in [0.2, 0.25) is 0 Å². The zero-order valence-electron chi connectivity index (χ0n) is 11.9. The first-order valence-corrected chi connectivity index (χ1v) is 7.87. The smallest absolute Gasteiger partial charge is 0.300 e. The second-order valence-electron chi connectivity index (χ2n) is 5.27. The van der Waals surface area contributed by atoms with Crippen LogP contribution in [0.25, 0.3) is 11.0 Å². The number of carbonyl (C=O) groups is 1. The topological polar surface area (TPSA) is 123 Å². The van der Waals surface area contributed by atoms with Crippen molar-refractivity contribution in [1.29, 1.82) is 0 Å². The van der Waals surface area contributed by atoms with Gasteiger partial charge in [0.25, 0.3) is 0 Å². The van der Waals surface area contributed by atoms with Crippen LogP contribution < -0.4 is 10.6 Å². The zero-order valence-corrected chi connectivity index (χ0v) is 14.1. The van der Waals surface area contributed by atoms with E-state index in [0.29, 0.717) is 16.7 Å². The lowest BCUT2D eigenvalue weighted by atomic mass is 10.1. The quantitative estimate of drug-likeness (QED) is 0.317. The lowest BCUT2D eigenvalue weighted by Gasteiger charge is -2.26. The predicted molar refractivity (Wildman–Crippen MR) is 88.1 cm³/mol. The van der Waals surface area contributed by atoms with Crippen LogP contribution in [0.5, 0.6) is 0 Å². The van der Waals surface area contributed by atoms with Gasteiger partial charge in [0, 0.05) is 12.6 Å². The first-order valence-electron chi connectivity index (χ1n) is 6.34. The highest BCUT2D eigenvalue weighted by molar-refractivity contribution is 14.1. The Kier molecular flexibility index (Phi) is 4.78. The number of rotatable bonds is 6. The molecule has 10 heteroatoms. The van der Waals surface area contributed by atoms with E-state index in [1.807, 2.05) is 36.4 Å². The number of carbonyl (C=O) groups excluding carboxylic acids is 1. The maximum Gasteiger partial charge on any atom is 0.300 e. The molecule has 0 atom stereocenters. The first kappa shape index (κ1) is 16.4. The molecule has 2 rings (SSSR count). The monoisotopic (exact) mass is 419 g/mol. The van der Waals surface area contributed by atoms with Crippen molar-refractivity contribution in [1.82, 2.24) is 15.6 Å². The summed E-state index contributed by atoms with van der Waals surface area (Å²) < 4.78 is 4.97. The number of nitrogens with one attached hydrogen (secondary N) is 2. The summed E-state index contributed by atoms with van der Waals surface area (Å²) >= 11 is 1.99. The normalized spacial score (nSPS) is 11.4. The second-order valence-corrected chi connectivity index (χ2v) is 6.03. The van der Waals surface area contributed by atoms with Crippen molar-refractivity contribution in [3.63, 3.8) is 0 Å². The molecule has 9 nitrogen and oxygen atoms in total. The standard InChI is InChI=1S/C12H14IN5O4/c1-12(2,15-9(19)5-13)6-14-7-3-4-8(18(20)21)11-10(7)16-22-17-11/h3-4,14H,5-6H2,1-2H3,(H,15,19). The molecule has 0 saturated carbocycles. The third-order valence-corrected chi connectivity index (χ3v) is 3.60. The van der Waals surface area contributed by atoms with Crippen LogP contribution >= 0.6 is 22.6 Å². The number of nitrogens with zero attached hydrogens (tertiary/aromatic N) is 3. The molecular formula is C12H14IN5O4. The van der Waals surface area contributed by atoms with Crippen molar-refractivity contribution in [2.75, 3.05) is 16.3 Å². The molecule has 0 bridgehead atoms. The number of nitro benzene ring substituents is 1. The molecule has 0 aliphatic carbocycles. The van der Waals surface area contributed by atoms with Crippen molar-refractivity contribution >= 4 is 50.9 Å². The van der Waals surface area contributed by atoms with E-state index in [9.17, 15) is 14.9 Å². The molecule has 0 fully saturated rings. The van der Waals surface area contributed by atoms with Crippen molar-refractivity contribution < 1.29 is 14.3 Å². The van der Waals surface area contributed by atoms with Crippen LogP contribution in [-0.4, -0.2) is 37.7 Å². The molecular weight excluding hydrogens is 405 g/mol. The number of hydrogen-bond acceptors (Lipinski definition) is 7. The van der Waals surface area contributed by atoms with Gasteiger partial charge in [0.15, 0.2) is 5.52 Å². The summed E-state index contributed by atoms with van der Waals surface area (Å²) in [5.41, 5.74) is 0.264. The molecule has 2 aromatic rings. The average molecular weight is 419 g/mol. The number of alkyl halides is 1. The van der Waals surface area contributed by atoms with E-state index in [1.165, 1.54) is 6.07 Å². The molecule has 0 radical (unpaired) electrons. The van der Waals surface area contributed by atoms with Gasteiger partial charge < -0.3 is 10.6 Å². The lowest BCUT2D eigenvalue weighted by molar-refractivity contribution is -0.383. The summed E-state index contributed by atoms with van der Waals surface area (Å²) in [5.74, 6) is -0.0654. The number of halogens is 1. The molecule has 22 heavy (non-hydrogen) atoms. The fraction of sp³-hybridized carbons (Fsp3) is 0.417. The Morgan fingerprint density at radius 1 is 1.41 bits per heavy atom. The van der Waals surface area contributed by atoms with Gasteiger partial charge >= 0.3 is 5.69 Å². The van der Waals surface area contributed by atoms with Crippen LogP contribution in [-0.2, 0) is 4.79 Å². The zero-order chi connectivity index (χ0) is 16.3. The molecule has 1 aromatic heterocycles. The average Bonchev–Trinajstić information content (AvgIpc) is 2.93. The molecule has 0 saturated heterocycles. The summed E-state index contributed by atoms with van der Waals surface area (Å²) in [5, 5.41) is 24.2. The van der Waals surface area contributed by atoms with Gasteiger partial charge in [-0.3, -0.25) is 14.9 Å². The molecule has 0 aliphatic rings. The first-order chi connectivity index (χ1) is 10.3. The highest BCUT2D eigenvalue weighted by Gasteiger charge is 2.23. The molecule has 2 N–H and O–H groups in total. The van der Waals surface area contributed by atoms with Crippen LogP contribution in [0.15, 0.2) is 16.8 Å². The molecule has 1 heterocycles. The summed E-state index contributed by atoms with van der Waals surface area (Å²) in [6.45, 7) is 4.15. The SMILES string of the molecule is CC(C)(CNc1ccc([N+](=O)[O-])c2nonc12)NC(=O)CI. The van der Waals surface area contributed by atoms with E-state index in [4.69, 9.17) is 0 Å². The number of aromatic nitrogens is 2. The summed E-state index contributed by atoms with van der Waals surface area (Å²) in [4.78, 5) is 21.9. The number of non-ortho nitro benzene ring substituents is 1. The minimum atomic E-state index is -0.541. The van der Waals surface area contributed by atoms with Crippen molar-refractivity contribution in [2.24, 2.45) is 0 Å². The second kappa shape index (κ2) is 6.42. The maximum atomic E-state index is 11.5. The third-order valence-electron chi connectivity index (χ3n) is 2.91. The van der Waals surface area contributed by atoms with Crippen molar-refractivity contribution in [2.45, 2.75) is 19.4 Å². The minimum absolute atomic E-state index is 0.0654. The summed E-state index contributed by atoms with van der Waals surface area (Å²) in [6, 6.07) is 2.88. The van der Waals surface area contributed by atoms with Crippen LogP contribution in [0.4, 0.5) is 11.4 Å². The predicted octanol–water partition coefficient (Wildman–Crippen LogP) is 1.87. The van der Waals surface area contributed by atoms with E-state index in [2.05, 4.69) is 25.6 Å². The number of fused-ring (bicyclic) bond motifs is 1. The van der Waals surface area contributed by atoms with E-state index in [-0.39, 0.29) is 22.6 Å². The van der Waals surface area contributed by atoms with E-state index >= 15 is 0 Å². The van der Waals surface area contributed by atoms with Gasteiger partial charge in [0.1, 0.15) is 0 Å². The summed E-state index contributed by atoms with van der Waals surface area (Å²) in [7, 11) is 0. The number of benzene rings is 1. The molecule has 1 amide bonds. The van der Waals surface area contributed by atoms with E-state index < -0.39 is 10.5 Å². The van der Waals surface area contributed by atoms with Crippen molar-refractivity contribution in [3.05, 3.63) is 22.2 Å². The minimum Gasteiger partial charge on any atom is -0.381 e. The number of hydrogen-bond donors (Lipinski definition) is 2. The Bertz CT molecular complexity index is 715. The molecule has 1 aromatic carbocycles. The molecule has 0 unspecified atom stereocenters. The lowest BCUT2D eigenvalue weighted by Crippen LogP contribution is -2.48. The Morgan fingerprint density at radius 2 is 2.09 bits per heavy atom. The third kappa shape index (κ3) is 3.61. The highest BCUT2D eigenvalue weighted by Crippen LogP contribution is 2.28. The van der Waals surface area contributed by atoms with Gasteiger partial charge in [0.05, 0.1) is 20.6 Å². The van der Waals surface area contributed by atoms with Gasteiger partial charge in [-0.2, -0.15) is 0 Å². The largest absolute Gasteiger partial charge is 0.381 e. The van der Waals surface area contributed by atoms with Gasteiger partial charge in [-0.25, -0.2) is 4.63 Å². The fourth-order valence-corrected chi connectivity index (χ4v) is 2.11.